The predicted molar refractivity (Wildman–Crippen MR) is 106 cm³/mol. The van der Waals surface area contributed by atoms with Crippen molar-refractivity contribution in [1.29, 1.82) is 0 Å². The summed E-state index contributed by atoms with van der Waals surface area (Å²) in [6.07, 6.45) is 2.03. The normalized spacial score (nSPS) is 11.6. The molecule has 3 aromatic rings. The first-order valence-corrected chi connectivity index (χ1v) is 9.12. The molecule has 8 heteroatoms. The highest BCUT2D eigenvalue weighted by Crippen LogP contribution is 2.18. The van der Waals surface area contributed by atoms with Gasteiger partial charge in [0.1, 0.15) is 6.54 Å². The van der Waals surface area contributed by atoms with Crippen LogP contribution in [0.15, 0.2) is 52.1 Å². The minimum absolute atomic E-state index is 0.306. The summed E-state index contributed by atoms with van der Waals surface area (Å²) in [6.45, 7) is 3.86. The van der Waals surface area contributed by atoms with Crippen LogP contribution in [0.1, 0.15) is 18.5 Å². The standard InChI is InChI=1S/C19H23ClN6O/c1-4-21-19(26(3)13-16-6-5-11-25(16)2)22-12-17-23-18(24-27-17)14-7-9-15(20)10-8-14/h5-11H,4,12-13H2,1-3H3,(H,21,22). The fourth-order valence-electron chi connectivity index (χ4n) is 2.63. The zero-order chi connectivity index (χ0) is 19.2. The molecular weight excluding hydrogens is 364 g/mol. The summed E-state index contributed by atoms with van der Waals surface area (Å²) in [4.78, 5) is 11.1. The first-order valence-electron chi connectivity index (χ1n) is 8.75. The number of hydrogen-bond acceptors (Lipinski definition) is 4. The van der Waals surface area contributed by atoms with Crippen molar-refractivity contribution in [3.8, 4) is 11.4 Å². The lowest BCUT2D eigenvalue weighted by Gasteiger charge is -2.22. The van der Waals surface area contributed by atoms with Gasteiger partial charge < -0.3 is 19.3 Å². The summed E-state index contributed by atoms with van der Waals surface area (Å²) in [5.41, 5.74) is 2.05. The molecule has 3 rings (SSSR count). The summed E-state index contributed by atoms with van der Waals surface area (Å²) >= 11 is 5.91. The molecule has 0 unspecified atom stereocenters. The Hall–Kier alpha value is -2.80. The third kappa shape index (κ3) is 4.89. The molecule has 142 valence electrons. The van der Waals surface area contributed by atoms with Crippen LogP contribution in [0.2, 0.25) is 5.02 Å². The summed E-state index contributed by atoms with van der Waals surface area (Å²) in [5.74, 6) is 1.77. The van der Waals surface area contributed by atoms with Gasteiger partial charge in [0, 0.05) is 43.1 Å². The van der Waals surface area contributed by atoms with Crippen molar-refractivity contribution >= 4 is 17.6 Å². The molecule has 7 nitrogen and oxygen atoms in total. The highest BCUT2D eigenvalue weighted by atomic mass is 35.5. The maximum absolute atomic E-state index is 5.91. The van der Waals surface area contributed by atoms with Crippen molar-refractivity contribution in [2.24, 2.45) is 12.0 Å². The Morgan fingerprint density at radius 2 is 2.07 bits per heavy atom. The van der Waals surface area contributed by atoms with Gasteiger partial charge in [-0.1, -0.05) is 16.8 Å². The molecule has 0 fully saturated rings. The van der Waals surface area contributed by atoms with Crippen molar-refractivity contribution in [2.45, 2.75) is 20.0 Å². The van der Waals surface area contributed by atoms with Crippen molar-refractivity contribution in [1.82, 2.24) is 24.9 Å². The molecule has 0 radical (unpaired) electrons. The van der Waals surface area contributed by atoms with E-state index in [0.717, 1.165) is 24.6 Å². The highest BCUT2D eigenvalue weighted by molar-refractivity contribution is 6.30. The molecule has 0 bridgehead atoms. The molecule has 2 heterocycles. The number of aliphatic imine (C=N–C) groups is 1. The molecule has 2 aromatic heterocycles. The van der Waals surface area contributed by atoms with Crippen LogP contribution in [0.4, 0.5) is 0 Å². The molecule has 1 N–H and O–H groups in total. The minimum atomic E-state index is 0.306. The van der Waals surface area contributed by atoms with E-state index in [1.54, 1.807) is 12.1 Å². The number of aryl methyl sites for hydroxylation is 1. The Morgan fingerprint density at radius 1 is 1.30 bits per heavy atom. The van der Waals surface area contributed by atoms with E-state index in [9.17, 15) is 0 Å². The van der Waals surface area contributed by atoms with Crippen LogP contribution in [0, 0.1) is 0 Å². The fourth-order valence-corrected chi connectivity index (χ4v) is 2.75. The molecule has 0 saturated heterocycles. The summed E-state index contributed by atoms with van der Waals surface area (Å²) < 4.78 is 7.42. The van der Waals surface area contributed by atoms with Crippen LogP contribution in [0.25, 0.3) is 11.4 Å². The summed E-state index contributed by atoms with van der Waals surface area (Å²) in [6, 6.07) is 11.4. The third-order valence-electron chi connectivity index (χ3n) is 4.08. The number of hydrogen-bond donors (Lipinski definition) is 1. The van der Waals surface area contributed by atoms with Crippen molar-refractivity contribution < 1.29 is 4.52 Å². The second-order valence-electron chi connectivity index (χ2n) is 6.16. The Kier molecular flexibility index (Phi) is 6.13. The molecule has 27 heavy (non-hydrogen) atoms. The van der Waals surface area contributed by atoms with Gasteiger partial charge in [-0.15, -0.1) is 0 Å². The number of nitrogens with one attached hydrogen (secondary N) is 1. The number of aromatic nitrogens is 3. The second kappa shape index (κ2) is 8.73. The van der Waals surface area contributed by atoms with Gasteiger partial charge in [-0.05, 0) is 43.3 Å². The number of guanidine groups is 1. The average Bonchev–Trinajstić information content (AvgIpc) is 3.29. The molecular formula is C19H23ClN6O. The molecule has 0 aliphatic heterocycles. The van der Waals surface area contributed by atoms with E-state index in [0.29, 0.717) is 23.3 Å². The predicted octanol–water partition coefficient (Wildman–Crippen LogP) is 3.33. The Balaban J connectivity index is 1.69. The Morgan fingerprint density at radius 3 is 2.74 bits per heavy atom. The maximum Gasteiger partial charge on any atom is 0.248 e. The van der Waals surface area contributed by atoms with Crippen molar-refractivity contribution in [3.05, 3.63) is 59.2 Å². The molecule has 0 saturated carbocycles. The van der Waals surface area contributed by atoms with Gasteiger partial charge in [-0.2, -0.15) is 4.98 Å². The number of rotatable bonds is 6. The topological polar surface area (TPSA) is 71.5 Å². The number of benzene rings is 1. The largest absolute Gasteiger partial charge is 0.357 e. The average molecular weight is 387 g/mol. The van der Waals surface area contributed by atoms with Crippen LogP contribution < -0.4 is 5.32 Å². The van der Waals surface area contributed by atoms with Gasteiger partial charge in [0.15, 0.2) is 5.96 Å². The zero-order valence-corrected chi connectivity index (χ0v) is 16.4. The zero-order valence-electron chi connectivity index (χ0n) is 15.7. The van der Waals surface area contributed by atoms with Crippen molar-refractivity contribution in [2.75, 3.05) is 13.6 Å². The quantitative estimate of drug-likeness (QED) is 0.519. The number of nitrogens with zero attached hydrogens (tertiary/aromatic N) is 5. The van der Waals surface area contributed by atoms with Gasteiger partial charge in [-0.25, -0.2) is 4.99 Å². The molecule has 0 aliphatic rings. The SMILES string of the molecule is CCNC(=NCc1nc(-c2ccc(Cl)cc2)no1)N(C)Cc1cccn1C. The van der Waals surface area contributed by atoms with Crippen LogP contribution in [-0.2, 0) is 20.1 Å². The van der Waals surface area contributed by atoms with E-state index in [4.69, 9.17) is 16.1 Å². The molecule has 0 amide bonds. The lowest BCUT2D eigenvalue weighted by molar-refractivity contribution is 0.379. The monoisotopic (exact) mass is 386 g/mol. The van der Waals surface area contributed by atoms with Gasteiger partial charge in [0.05, 0.1) is 6.54 Å². The Labute approximate surface area is 163 Å². The molecule has 0 atom stereocenters. The van der Waals surface area contributed by atoms with Gasteiger partial charge in [-0.3, -0.25) is 0 Å². The van der Waals surface area contributed by atoms with Gasteiger partial charge in [0.25, 0.3) is 0 Å². The van der Waals surface area contributed by atoms with Crippen LogP contribution >= 0.6 is 11.6 Å². The first kappa shape index (κ1) is 19.0. The van der Waals surface area contributed by atoms with E-state index >= 15 is 0 Å². The van der Waals surface area contributed by atoms with E-state index in [-0.39, 0.29) is 0 Å². The van der Waals surface area contributed by atoms with E-state index in [1.807, 2.05) is 45.4 Å². The van der Waals surface area contributed by atoms with Crippen molar-refractivity contribution in [3.63, 3.8) is 0 Å². The van der Waals surface area contributed by atoms with Gasteiger partial charge in [0.2, 0.25) is 11.7 Å². The van der Waals surface area contributed by atoms with Crippen LogP contribution in [-0.4, -0.2) is 39.2 Å². The lowest BCUT2D eigenvalue weighted by Crippen LogP contribution is -2.38. The van der Waals surface area contributed by atoms with Crippen LogP contribution in [0.3, 0.4) is 0 Å². The van der Waals surface area contributed by atoms with Crippen LogP contribution in [0.5, 0.6) is 0 Å². The first-order chi connectivity index (χ1) is 13.1. The summed E-state index contributed by atoms with van der Waals surface area (Å²) in [7, 11) is 4.03. The van der Waals surface area contributed by atoms with E-state index in [1.165, 1.54) is 5.69 Å². The maximum atomic E-state index is 5.91. The number of halogens is 1. The Bertz CT molecular complexity index is 899. The lowest BCUT2D eigenvalue weighted by atomic mass is 10.2. The summed E-state index contributed by atoms with van der Waals surface area (Å²) in [5, 5.41) is 7.98. The fraction of sp³-hybridized carbons (Fsp3) is 0.316. The van der Waals surface area contributed by atoms with E-state index in [2.05, 4.69) is 36.0 Å². The smallest absolute Gasteiger partial charge is 0.248 e. The minimum Gasteiger partial charge on any atom is -0.357 e. The molecule has 0 aliphatic carbocycles. The highest BCUT2D eigenvalue weighted by Gasteiger charge is 2.11. The van der Waals surface area contributed by atoms with E-state index < -0.39 is 0 Å². The van der Waals surface area contributed by atoms with Gasteiger partial charge >= 0.3 is 0 Å². The third-order valence-corrected chi connectivity index (χ3v) is 4.33. The molecule has 0 spiro atoms. The molecule has 1 aromatic carbocycles. The second-order valence-corrected chi connectivity index (χ2v) is 6.59.